The zero-order chi connectivity index (χ0) is 15.2. The molecule has 0 bridgehead atoms. The lowest BCUT2D eigenvalue weighted by molar-refractivity contribution is -0.119. The van der Waals surface area contributed by atoms with Crippen molar-refractivity contribution in [2.75, 3.05) is 13.1 Å². The van der Waals surface area contributed by atoms with Crippen molar-refractivity contribution in [2.24, 2.45) is 11.5 Å². The van der Waals surface area contributed by atoms with Gasteiger partial charge in [-0.25, -0.2) is 0 Å². The van der Waals surface area contributed by atoms with Crippen LogP contribution in [0.25, 0.3) is 0 Å². The molecule has 1 aliphatic rings. The van der Waals surface area contributed by atoms with Crippen molar-refractivity contribution in [1.29, 1.82) is 0 Å². The highest BCUT2D eigenvalue weighted by atomic mass is 16.2. The fourth-order valence-corrected chi connectivity index (χ4v) is 2.94. The second-order valence-corrected chi connectivity index (χ2v) is 5.58. The fraction of sp³-hybridized carbons (Fsp3) is 0.500. The number of hydrogen-bond donors (Lipinski definition) is 2. The molecule has 114 valence electrons. The lowest BCUT2D eigenvalue weighted by Crippen LogP contribution is -2.44. The molecule has 1 fully saturated rings. The van der Waals surface area contributed by atoms with E-state index >= 15 is 0 Å². The Balaban J connectivity index is 2.20. The minimum Gasteiger partial charge on any atom is -0.368 e. The van der Waals surface area contributed by atoms with Crippen molar-refractivity contribution in [2.45, 2.75) is 38.1 Å². The van der Waals surface area contributed by atoms with E-state index in [4.69, 9.17) is 11.5 Å². The van der Waals surface area contributed by atoms with Gasteiger partial charge in [0.25, 0.3) is 5.91 Å². The number of primary amides is 1. The Kier molecular flexibility index (Phi) is 5.33. The Morgan fingerprint density at radius 2 is 1.95 bits per heavy atom. The highest BCUT2D eigenvalue weighted by Crippen LogP contribution is 2.25. The van der Waals surface area contributed by atoms with Crippen LogP contribution in [0.2, 0.25) is 0 Å². The SMILES string of the molecule is NCCc1cccc(C(=O)N(CC(N)=O)C2CCCC2)c1. The van der Waals surface area contributed by atoms with Crippen LogP contribution in [0.15, 0.2) is 24.3 Å². The average Bonchev–Trinajstić information content (AvgIpc) is 2.98. The molecule has 2 rings (SSSR count). The summed E-state index contributed by atoms with van der Waals surface area (Å²) in [6.07, 6.45) is 4.82. The van der Waals surface area contributed by atoms with Crippen molar-refractivity contribution in [3.8, 4) is 0 Å². The molecule has 0 aliphatic heterocycles. The first kappa shape index (κ1) is 15.5. The number of carbonyl (C=O) groups excluding carboxylic acids is 2. The minimum atomic E-state index is -0.464. The third-order valence-corrected chi connectivity index (χ3v) is 3.96. The summed E-state index contributed by atoms with van der Waals surface area (Å²) in [4.78, 5) is 25.6. The predicted molar refractivity (Wildman–Crippen MR) is 81.7 cm³/mol. The number of benzene rings is 1. The number of rotatable bonds is 6. The Morgan fingerprint density at radius 1 is 1.24 bits per heavy atom. The maximum atomic E-state index is 12.7. The minimum absolute atomic E-state index is 0.00931. The molecule has 0 heterocycles. The van der Waals surface area contributed by atoms with Crippen LogP contribution in [0.4, 0.5) is 0 Å². The molecule has 0 radical (unpaired) electrons. The third kappa shape index (κ3) is 4.04. The van der Waals surface area contributed by atoms with Crippen molar-refractivity contribution in [1.82, 2.24) is 4.90 Å². The van der Waals surface area contributed by atoms with Crippen molar-refractivity contribution >= 4 is 11.8 Å². The second kappa shape index (κ2) is 7.22. The Labute approximate surface area is 125 Å². The summed E-state index contributed by atoms with van der Waals surface area (Å²) in [5.74, 6) is -0.576. The van der Waals surface area contributed by atoms with E-state index in [2.05, 4.69) is 0 Å². The van der Waals surface area contributed by atoms with Gasteiger partial charge in [-0.2, -0.15) is 0 Å². The molecule has 1 aromatic carbocycles. The molecule has 5 nitrogen and oxygen atoms in total. The van der Waals surface area contributed by atoms with Crippen molar-refractivity contribution in [3.05, 3.63) is 35.4 Å². The molecule has 5 heteroatoms. The molecule has 21 heavy (non-hydrogen) atoms. The first-order chi connectivity index (χ1) is 10.1. The van der Waals surface area contributed by atoms with E-state index in [9.17, 15) is 9.59 Å². The van der Waals surface area contributed by atoms with Crippen molar-refractivity contribution < 1.29 is 9.59 Å². The summed E-state index contributed by atoms with van der Waals surface area (Å²) in [6, 6.07) is 7.58. The number of amides is 2. The molecular formula is C16H23N3O2. The smallest absolute Gasteiger partial charge is 0.254 e. The number of nitrogens with two attached hydrogens (primary N) is 2. The Bertz CT molecular complexity index is 510. The summed E-state index contributed by atoms with van der Waals surface area (Å²) < 4.78 is 0. The van der Waals surface area contributed by atoms with E-state index < -0.39 is 5.91 Å². The van der Waals surface area contributed by atoms with Crippen LogP contribution < -0.4 is 11.5 Å². The molecule has 0 unspecified atom stereocenters. The van der Waals surface area contributed by atoms with Gasteiger partial charge >= 0.3 is 0 Å². The predicted octanol–water partition coefficient (Wildman–Crippen LogP) is 1.06. The van der Waals surface area contributed by atoms with E-state index in [1.165, 1.54) is 0 Å². The highest BCUT2D eigenvalue weighted by molar-refractivity contribution is 5.96. The van der Waals surface area contributed by atoms with E-state index in [1.807, 2.05) is 18.2 Å². The lowest BCUT2D eigenvalue weighted by atomic mass is 10.1. The molecule has 1 saturated carbocycles. The van der Waals surface area contributed by atoms with Gasteiger partial charge in [-0.1, -0.05) is 25.0 Å². The summed E-state index contributed by atoms with van der Waals surface area (Å²) in [5, 5.41) is 0. The number of nitrogens with zero attached hydrogens (tertiary/aromatic N) is 1. The number of carbonyl (C=O) groups is 2. The van der Waals surface area contributed by atoms with Crippen LogP contribution in [0.5, 0.6) is 0 Å². The van der Waals surface area contributed by atoms with E-state index in [1.54, 1.807) is 11.0 Å². The van der Waals surface area contributed by atoms with Crippen LogP contribution in [-0.2, 0) is 11.2 Å². The number of hydrogen-bond acceptors (Lipinski definition) is 3. The molecule has 4 N–H and O–H groups in total. The van der Waals surface area contributed by atoms with Crippen LogP contribution >= 0.6 is 0 Å². The van der Waals surface area contributed by atoms with Gasteiger partial charge in [0.05, 0.1) is 6.54 Å². The van der Waals surface area contributed by atoms with Crippen LogP contribution in [-0.4, -0.2) is 35.8 Å². The quantitative estimate of drug-likeness (QED) is 0.820. The average molecular weight is 289 g/mol. The topological polar surface area (TPSA) is 89.4 Å². The molecule has 1 aliphatic carbocycles. The third-order valence-electron chi connectivity index (χ3n) is 3.96. The summed E-state index contributed by atoms with van der Waals surface area (Å²) >= 11 is 0. The fourth-order valence-electron chi connectivity index (χ4n) is 2.94. The monoisotopic (exact) mass is 289 g/mol. The van der Waals surface area contributed by atoms with Gasteiger partial charge in [0.1, 0.15) is 0 Å². The van der Waals surface area contributed by atoms with Gasteiger partial charge in [0.2, 0.25) is 5.91 Å². The summed E-state index contributed by atoms with van der Waals surface area (Å²) in [7, 11) is 0. The Hall–Kier alpha value is -1.88. The zero-order valence-corrected chi connectivity index (χ0v) is 12.3. The summed E-state index contributed by atoms with van der Waals surface area (Å²) in [5.41, 5.74) is 12.5. The van der Waals surface area contributed by atoms with E-state index in [0.717, 1.165) is 37.7 Å². The van der Waals surface area contributed by atoms with Crippen LogP contribution in [0.3, 0.4) is 0 Å². The standard InChI is InChI=1S/C16H23N3O2/c17-9-8-12-4-3-5-13(10-12)16(21)19(11-15(18)20)14-6-1-2-7-14/h3-5,10,14H,1-2,6-9,11,17H2,(H2,18,20). The zero-order valence-electron chi connectivity index (χ0n) is 12.3. The molecule has 1 aromatic rings. The van der Waals surface area contributed by atoms with Gasteiger partial charge in [-0.3, -0.25) is 9.59 Å². The van der Waals surface area contributed by atoms with Crippen LogP contribution in [0.1, 0.15) is 41.6 Å². The van der Waals surface area contributed by atoms with Gasteiger partial charge in [-0.05, 0) is 43.5 Å². The van der Waals surface area contributed by atoms with Gasteiger partial charge < -0.3 is 16.4 Å². The Morgan fingerprint density at radius 3 is 2.57 bits per heavy atom. The summed E-state index contributed by atoms with van der Waals surface area (Å²) in [6.45, 7) is 0.538. The maximum absolute atomic E-state index is 12.7. The molecule has 0 saturated heterocycles. The first-order valence-corrected chi connectivity index (χ1v) is 7.50. The van der Waals surface area contributed by atoms with Gasteiger partial charge in [-0.15, -0.1) is 0 Å². The maximum Gasteiger partial charge on any atom is 0.254 e. The lowest BCUT2D eigenvalue weighted by Gasteiger charge is -2.28. The second-order valence-electron chi connectivity index (χ2n) is 5.58. The van der Waals surface area contributed by atoms with E-state index in [-0.39, 0.29) is 18.5 Å². The van der Waals surface area contributed by atoms with Crippen LogP contribution in [0, 0.1) is 0 Å². The normalized spacial score (nSPS) is 15.1. The molecule has 2 amide bonds. The van der Waals surface area contributed by atoms with Crippen molar-refractivity contribution in [3.63, 3.8) is 0 Å². The first-order valence-electron chi connectivity index (χ1n) is 7.50. The molecule has 0 aromatic heterocycles. The molecule has 0 atom stereocenters. The molecule has 0 spiro atoms. The van der Waals surface area contributed by atoms with Gasteiger partial charge in [0.15, 0.2) is 0 Å². The largest absolute Gasteiger partial charge is 0.368 e. The highest BCUT2D eigenvalue weighted by Gasteiger charge is 2.28. The molecular weight excluding hydrogens is 266 g/mol. The van der Waals surface area contributed by atoms with Gasteiger partial charge in [0, 0.05) is 11.6 Å². The van der Waals surface area contributed by atoms with E-state index in [0.29, 0.717) is 12.1 Å².